The monoisotopic (exact) mass is 277 g/mol. The first kappa shape index (κ1) is 12.7. The minimum Gasteiger partial charge on any atom is -0.335 e. The highest BCUT2D eigenvalue weighted by Gasteiger charge is 2.25. The lowest BCUT2D eigenvalue weighted by Gasteiger charge is -2.20. The van der Waals surface area contributed by atoms with E-state index in [0.29, 0.717) is 5.82 Å². The predicted octanol–water partition coefficient (Wildman–Crippen LogP) is 2.35. The molecule has 0 aliphatic heterocycles. The van der Waals surface area contributed by atoms with Gasteiger partial charge in [0.05, 0.1) is 5.39 Å². The molecule has 0 radical (unpaired) electrons. The van der Waals surface area contributed by atoms with Crippen LogP contribution in [0, 0.1) is 0 Å². The van der Waals surface area contributed by atoms with E-state index in [0.717, 1.165) is 29.5 Å². The first-order valence-corrected chi connectivity index (χ1v) is 7.54. The highest BCUT2D eigenvalue weighted by Crippen LogP contribution is 2.34. The van der Waals surface area contributed by atoms with Gasteiger partial charge < -0.3 is 5.84 Å². The van der Waals surface area contributed by atoms with Gasteiger partial charge in [0.2, 0.25) is 0 Å². The number of nitrogens with two attached hydrogens (primary N) is 1. The van der Waals surface area contributed by atoms with Crippen molar-refractivity contribution in [3.63, 3.8) is 0 Å². The van der Waals surface area contributed by atoms with Crippen molar-refractivity contribution < 1.29 is 0 Å². The Balaban J connectivity index is 2.38. The van der Waals surface area contributed by atoms with Crippen molar-refractivity contribution in [2.75, 3.05) is 5.84 Å². The summed E-state index contributed by atoms with van der Waals surface area (Å²) in [5, 5.41) is 0.759. The second kappa shape index (κ2) is 4.07. The molecule has 19 heavy (non-hydrogen) atoms. The minimum absolute atomic E-state index is 0.0886. The Hall–Kier alpha value is -1.36. The molecule has 0 bridgehead atoms. The van der Waals surface area contributed by atoms with Gasteiger partial charge in [-0.05, 0) is 31.2 Å². The number of hydrogen-bond acceptors (Lipinski definition) is 4. The quantitative estimate of drug-likeness (QED) is 0.752. The van der Waals surface area contributed by atoms with Gasteiger partial charge in [-0.3, -0.25) is 4.79 Å². The lowest BCUT2D eigenvalue weighted by Crippen LogP contribution is -2.36. The molecule has 5 heteroatoms. The molecular weight excluding hydrogens is 258 g/mol. The number of aryl methyl sites for hydroxylation is 2. The fourth-order valence-electron chi connectivity index (χ4n) is 2.75. The highest BCUT2D eigenvalue weighted by atomic mass is 32.1. The van der Waals surface area contributed by atoms with E-state index < -0.39 is 0 Å². The molecule has 102 valence electrons. The van der Waals surface area contributed by atoms with Crippen LogP contribution in [0.1, 0.15) is 49.9 Å². The Labute approximate surface area is 116 Å². The Kier molecular flexibility index (Phi) is 2.71. The molecule has 0 fully saturated rings. The molecule has 2 heterocycles. The van der Waals surface area contributed by atoms with E-state index in [1.807, 2.05) is 20.8 Å². The molecule has 1 aliphatic rings. The molecule has 0 atom stereocenters. The average molecular weight is 277 g/mol. The molecule has 4 nitrogen and oxygen atoms in total. The first-order valence-electron chi connectivity index (χ1n) is 6.72. The van der Waals surface area contributed by atoms with E-state index >= 15 is 0 Å². The van der Waals surface area contributed by atoms with Crippen molar-refractivity contribution in [2.24, 2.45) is 0 Å². The zero-order valence-corrected chi connectivity index (χ0v) is 12.4. The van der Waals surface area contributed by atoms with Crippen LogP contribution in [0.25, 0.3) is 10.2 Å². The van der Waals surface area contributed by atoms with Crippen molar-refractivity contribution >= 4 is 21.6 Å². The second-order valence-electron chi connectivity index (χ2n) is 6.25. The van der Waals surface area contributed by atoms with Crippen molar-refractivity contribution in [2.45, 2.75) is 51.9 Å². The minimum atomic E-state index is -0.230. The Morgan fingerprint density at radius 3 is 2.63 bits per heavy atom. The lowest BCUT2D eigenvalue weighted by atomic mass is 9.94. The van der Waals surface area contributed by atoms with Crippen LogP contribution in [-0.4, -0.2) is 9.66 Å². The van der Waals surface area contributed by atoms with E-state index in [4.69, 9.17) is 5.84 Å². The second-order valence-corrected chi connectivity index (χ2v) is 7.34. The molecular formula is C14H19N3OS. The normalized spacial score (nSPS) is 15.7. The van der Waals surface area contributed by atoms with Gasteiger partial charge in [-0.15, -0.1) is 11.3 Å². The van der Waals surface area contributed by atoms with Gasteiger partial charge in [0.1, 0.15) is 10.7 Å². The SMILES string of the molecule is CC(C)(C)c1nc2sc3c(c2c(=O)n1N)CCCC3. The summed E-state index contributed by atoms with van der Waals surface area (Å²) in [4.78, 5) is 19.4. The van der Waals surface area contributed by atoms with Crippen LogP contribution in [0.3, 0.4) is 0 Å². The van der Waals surface area contributed by atoms with Gasteiger partial charge in [0.15, 0.2) is 0 Å². The number of nitrogens with zero attached hydrogens (tertiary/aromatic N) is 2. The maximum atomic E-state index is 12.5. The van der Waals surface area contributed by atoms with E-state index in [1.165, 1.54) is 21.5 Å². The van der Waals surface area contributed by atoms with Gasteiger partial charge in [-0.2, -0.15) is 0 Å². The molecule has 0 spiro atoms. The van der Waals surface area contributed by atoms with Crippen LogP contribution < -0.4 is 11.4 Å². The Morgan fingerprint density at radius 1 is 1.26 bits per heavy atom. The first-order chi connectivity index (χ1) is 8.89. The summed E-state index contributed by atoms with van der Waals surface area (Å²) in [6.45, 7) is 6.08. The Bertz CT molecular complexity index is 706. The maximum Gasteiger partial charge on any atom is 0.280 e. The molecule has 2 aromatic heterocycles. The molecule has 2 N–H and O–H groups in total. The summed E-state index contributed by atoms with van der Waals surface area (Å²) >= 11 is 1.67. The van der Waals surface area contributed by atoms with E-state index in [2.05, 4.69) is 4.98 Å². The van der Waals surface area contributed by atoms with Crippen LogP contribution >= 0.6 is 11.3 Å². The molecule has 0 saturated heterocycles. The van der Waals surface area contributed by atoms with Gasteiger partial charge in [0.25, 0.3) is 5.56 Å². The largest absolute Gasteiger partial charge is 0.335 e. The van der Waals surface area contributed by atoms with Crippen molar-refractivity contribution in [3.8, 4) is 0 Å². The van der Waals surface area contributed by atoms with E-state index in [1.54, 1.807) is 11.3 Å². The maximum absolute atomic E-state index is 12.5. The summed E-state index contributed by atoms with van der Waals surface area (Å²) in [7, 11) is 0. The van der Waals surface area contributed by atoms with Crippen molar-refractivity contribution in [1.82, 2.24) is 9.66 Å². The summed E-state index contributed by atoms with van der Waals surface area (Å²) in [5.74, 6) is 6.63. The van der Waals surface area contributed by atoms with Gasteiger partial charge in [0, 0.05) is 10.3 Å². The lowest BCUT2D eigenvalue weighted by molar-refractivity contribution is 0.519. The summed E-state index contributed by atoms with van der Waals surface area (Å²) in [5.41, 5.74) is 0.879. The van der Waals surface area contributed by atoms with Gasteiger partial charge in [-0.1, -0.05) is 20.8 Å². The predicted molar refractivity (Wildman–Crippen MR) is 79.4 cm³/mol. The molecule has 0 aromatic carbocycles. The molecule has 0 amide bonds. The standard InChI is InChI=1S/C14H19N3OS/c1-14(2,3)13-16-11-10(12(18)17(13)15)8-6-4-5-7-9(8)19-11/h4-7,15H2,1-3H3. The van der Waals surface area contributed by atoms with Crippen LogP contribution in [0.4, 0.5) is 0 Å². The van der Waals surface area contributed by atoms with Gasteiger partial charge in [-0.25, -0.2) is 9.66 Å². The third-order valence-electron chi connectivity index (χ3n) is 3.69. The number of fused-ring (bicyclic) bond motifs is 3. The molecule has 1 aliphatic carbocycles. The summed E-state index contributed by atoms with van der Waals surface area (Å²) in [6.07, 6.45) is 4.43. The number of hydrogen-bond donors (Lipinski definition) is 1. The van der Waals surface area contributed by atoms with E-state index in [9.17, 15) is 4.79 Å². The fraction of sp³-hybridized carbons (Fsp3) is 0.571. The topological polar surface area (TPSA) is 60.9 Å². The van der Waals surface area contributed by atoms with Crippen LogP contribution in [-0.2, 0) is 18.3 Å². The highest BCUT2D eigenvalue weighted by molar-refractivity contribution is 7.18. The van der Waals surface area contributed by atoms with E-state index in [-0.39, 0.29) is 11.0 Å². The summed E-state index contributed by atoms with van der Waals surface area (Å²) in [6, 6.07) is 0. The number of aromatic nitrogens is 2. The van der Waals surface area contributed by atoms with Gasteiger partial charge >= 0.3 is 0 Å². The molecule has 0 unspecified atom stereocenters. The average Bonchev–Trinajstić information content (AvgIpc) is 2.70. The third kappa shape index (κ3) is 1.87. The van der Waals surface area contributed by atoms with Crippen LogP contribution in [0.15, 0.2) is 4.79 Å². The Morgan fingerprint density at radius 2 is 1.95 bits per heavy atom. The number of thiophene rings is 1. The number of nitrogen functional groups attached to an aromatic ring is 1. The van der Waals surface area contributed by atoms with Crippen LogP contribution in [0.2, 0.25) is 0 Å². The van der Waals surface area contributed by atoms with Crippen LogP contribution in [0.5, 0.6) is 0 Å². The van der Waals surface area contributed by atoms with Crippen molar-refractivity contribution in [1.29, 1.82) is 0 Å². The molecule has 3 rings (SSSR count). The number of rotatable bonds is 0. The zero-order valence-electron chi connectivity index (χ0n) is 11.6. The molecule has 0 saturated carbocycles. The van der Waals surface area contributed by atoms with Crippen molar-refractivity contribution in [3.05, 3.63) is 26.6 Å². The fourth-order valence-corrected chi connectivity index (χ4v) is 4.00. The third-order valence-corrected chi connectivity index (χ3v) is 4.88. The zero-order chi connectivity index (χ0) is 13.8. The summed E-state index contributed by atoms with van der Waals surface area (Å²) < 4.78 is 1.24. The molecule has 2 aromatic rings. The smallest absolute Gasteiger partial charge is 0.280 e.